The van der Waals surface area contributed by atoms with E-state index in [2.05, 4.69) is 14.9 Å². The van der Waals surface area contributed by atoms with E-state index in [9.17, 15) is 13.2 Å². The Kier molecular flexibility index (Phi) is 4.53. The summed E-state index contributed by atoms with van der Waals surface area (Å²) in [7, 11) is -3.72. The summed E-state index contributed by atoms with van der Waals surface area (Å²) >= 11 is 0. The molecule has 2 aromatic carbocycles. The Bertz CT molecular complexity index is 954. The molecule has 0 aliphatic carbocycles. The Morgan fingerprint density at radius 2 is 1.74 bits per heavy atom. The van der Waals surface area contributed by atoms with E-state index < -0.39 is 16.2 Å². The van der Waals surface area contributed by atoms with Gasteiger partial charge in [-0.15, -0.1) is 0 Å². The summed E-state index contributed by atoms with van der Waals surface area (Å²) in [6, 6.07) is 15.1. The van der Waals surface area contributed by atoms with E-state index in [-0.39, 0.29) is 10.8 Å². The number of nitrogens with one attached hydrogen (secondary N) is 2. The molecule has 2 aliphatic heterocycles. The lowest BCUT2D eigenvalue weighted by molar-refractivity contribution is -0.132. The van der Waals surface area contributed by atoms with E-state index in [1.807, 2.05) is 37.3 Å². The number of hydrogen-bond donors (Lipinski definition) is 2. The highest BCUT2D eigenvalue weighted by atomic mass is 32.2. The number of para-hydroxylation sites is 1. The highest BCUT2D eigenvalue weighted by molar-refractivity contribution is 7.89. The predicted molar refractivity (Wildman–Crippen MR) is 104 cm³/mol. The molecule has 0 unspecified atom stereocenters. The van der Waals surface area contributed by atoms with Gasteiger partial charge in [0.05, 0.1) is 5.69 Å². The molecule has 1 amide bonds. The molecule has 1 atom stereocenters. The number of rotatable bonds is 2. The molecule has 0 bridgehead atoms. The molecule has 142 valence electrons. The van der Waals surface area contributed by atoms with Gasteiger partial charge < -0.3 is 15.1 Å². The molecule has 27 heavy (non-hydrogen) atoms. The molecule has 2 aliphatic rings. The van der Waals surface area contributed by atoms with Crippen LogP contribution in [0.1, 0.15) is 5.56 Å². The SMILES string of the molecule is Cc1ccc2c(c1)N[C@H](C(=O)N1CCN(c3ccccc3)CC1)NS2(=O)=O. The lowest BCUT2D eigenvalue weighted by Crippen LogP contribution is -2.58. The monoisotopic (exact) mass is 386 g/mol. The maximum atomic E-state index is 12.9. The number of anilines is 2. The molecular weight excluding hydrogens is 364 g/mol. The van der Waals surface area contributed by atoms with Gasteiger partial charge in [-0.05, 0) is 36.8 Å². The number of hydrogen-bond acceptors (Lipinski definition) is 5. The fraction of sp³-hybridized carbons (Fsp3) is 0.316. The quantitative estimate of drug-likeness (QED) is 0.815. The minimum atomic E-state index is -3.72. The Hall–Kier alpha value is -2.58. The highest BCUT2D eigenvalue weighted by Gasteiger charge is 2.36. The maximum Gasteiger partial charge on any atom is 0.261 e. The summed E-state index contributed by atoms with van der Waals surface area (Å²) < 4.78 is 27.4. The largest absolute Gasteiger partial charge is 0.368 e. The number of aryl methyl sites for hydroxylation is 1. The minimum absolute atomic E-state index is 0.172. The van der Waals surface area contributed by atoms with Crippen LogP contribution in [-0.2, 0) is 14.8 Å². The van der Waals surface area contributed by atoms with Crippen LogP contribution in [0.3, 0.4) is 0 Å². The van der Waals surface area contributed by atoms with Crippen molar-refractivity contribution in [3.63, 3.8) is 0 Å². The van der Waals surface area contributed by atoms with Crippen molar-refractivity contribution in [2.75, 3.05) is 36.4 Å². The number of carbonyl (C=O) groups excluding carboxylic acids is 1. The van der Waals surface area contributed by atoms with Crippen molar-refractivity contribution in [1.82, 2.24) is 9.62 Å². The zero-order chi connectivity index (χ0) is 19.0. The van der Waals surface area contributed by atoms with E-state index in [1.165, 1.54) is 0 Å². The third-order valence-electron chi connectivity index (χ3n) is 4.96. The molecule has 2 N–H and O–H groups in total. The number of amides is 1. The first-order valence-corrected chi connectivity index (χ1v) is 10.4. The fourth-order valence-corrected chi connectivity index (χ4v) is 4.76. The van der Waals surface area contributed by atoms with Crippen LogP contribution in [0.5, 0.6) is 0 Å². The third-order valence-corrected chi connectivity index (χ3v) is 6.44. The van der Waals surface area contributed by atoms with Crippen LogP contribution in [0.15, 0.2) is 53.4 Å². The standard InChI is InChI=1S/C19H22N4O3S/c1-14-7-8-17-16(13-14)20-18(21-27(17,25)26)19(24)23-11-9-22(10-12-23)15-5-3-2-4-6-15/h2-8,13,18,20-21H,9-12H2,1H3/t18-/m0/s1. The summed E-state index contributed by atoms with van der Waals surface area (Å²) in [4.78, 5) is 17.0. The third kappa shape index (κ3) is 3.50. The fourth-order valence-electron chi connectivity index (χ4n) is 3.51. The Morgan fingerprint density at radius 1 is 1.04 bits per heavy atom. The maximum absolute atomic E-state index is 12.9. The topological polar surface area (TPSA) is 81.8 Å². The molecule has 1 saturated heterocycles. The first-order valence-electron chi connectivity index (χ1n) is 8.92. The average Bonchev–Trinajstić information content (AvgIpc) is 2.67. The van der Waals surface area contributed by atoms with Crippen molar-refractivity contribution in [2.45, 2.75) is 18.0 Å². The summed E-state index contributed by atoms with van der Waals surface area (Å²) in [5, 5.41) is 3.04. The molecule has 0 saturated carbocycles. The molecule has 7 nitrogen and oxygen atoms in total. The second-order valence-electron chi connectivity index (χ2n) is 6.85. The van der Waals surface area contributed by atoms with Crippen molar-refractivity contribution in [3.8, 4) is 0 Å². The number of carbonyl (C=O) groups is 1. The summed E-state index contributed by atoms with van der Waals surface area (Å²) in [5.41, 5.74) is 2.53. The predicted octanol–water partition coefficient (Wildman–Crippen LogP) is 1.37. The van der Waals surface area contributed by atoms with Gasteiger partial charge in [0.2, 0.25) is 10.0 Å². The average molecular weight is 386 g/mol. The normalized spacial score (nSPS) is 21.3. The molecule has 8 heteroatoms. The lowest BCUT2D eigenvalue weighted by atomic mass is 10.2. The lowest BCUT2D eigenvalue weighted by Gasteiger charge is -2.38. The summed E-state index contributed by atoms with van der Waals surface area (Å²) in [6.45, 7) is 4.41. The van der Waals surface area contributed by atoms with Gasteiger partial charge >= 0.3 is 0 Å². The van der Waals surface area contributed by atoms with E-state index in [0.29, 0.717) is 31.9 Å². The number of fused-ring (bicyclic) bond motifs is 1. The summed E-state index contributed by atoms with van der Waals surface area (Å²) in [5.74, 6) is -0.251. The molecular formula is C19H22N4O3S. The van der Waals surface area contributed by atoms with Gasteiger partial charge in [0.1, 0.15) is 4.90 Å². The molecule has 0 spiro atoms. The number of piperazine rings is 1. The van der Waals surface area contributed by atoms with Gasteiger partial charge in [-0.1, -0.05) is 24.3 Å². The van der Waals surface area contributed by atoms with Crippen LogP contribution >= 0.6 is 0 Å². The molecule has 2 heterocycles. The Morgan fingerprint density at radius 3 is 2.44 bits per heavy atom. The van der Waals surface area contributed by atoms with Crippen molar-refractivity contribution in [3.05, 3.63) is 54.1 Å². The van der Waals surface area contributed by atoms with E-state index in [1.54, 1.807) is 23.1 Å². The van der Waals surface area contributed by atoms with Crippen molar-refractivity contribution in [1.29, 1.82) is 0 Å². The Balaban J connectivity index is 1.46. The van der Waals surface area contributed by atoms with Crippen LogP contribution in [0.25, 0.3) is 0 Å². The van der Waals surface area contributed by atoms with Gasteiger partial charge in [-0.25, -0.2) is 8.42 Å². The van der Waals surface area contributed by atoms with Gasteiger partial charge in [-0.2, -0.15) is 4.72 Å². The molecule has 4 rings (SSSR count). The van der Waals surface area contributed by atoms with Gasteiger partial charge in [-0.3, -0.25) is 4.79 Å². The molecule has 0 radical (unpaired) electrons. The van der Waals surface area contributed by atoms with E-state index in [4.69, 9.17) is 0 Å². The van der Waals surface area contributed by atoms with Crippen molar-refractivity contribution < 1.29 is 13.2 Å². The first kappa shape index (κ1) is 17.8. The van der Waals surface area contributed by atoms with Crippen LogP contribution in [0.4, 0.5) is 11.4 Å². The Labute approximate surface area is 159 Å². The second-order valence-corrected chi connectivity index (χ2v) is 8.53. The smallest absolute Gasteiger partial charge is 0.261 e. The zero-order valence-corrected chi connectivity index (χ0v) is 15.9. The molecule has 1 fully saturated rings. The van der Waals surface area contributed by atoms with Gasteiger partial charge in [0.15, 0.2) is 6.17 Å². The highest BCUT2D eigenvalue weighted by Crippen LogP contribution is 2.27. The van der Waals surface area contributed by atoms with Crippen LogP contribution in [-0.4, -0.2) is 51.6 Å². The van der Waals surface area contributed by atoms with Crippen molar-refractivity contribution >= 4 is 27.3 Å². The zero-order valence-electron chi connectivity index (χ0n) is 15.1. The number of benzene rings is 2. The number of nitrogens with zero attached hydrogens (tertiary/aromatic N) is 2. The van der Waals surface area contributed by atoms with Gasteiger partial charge in [0, 0.05) is 31.9 Å². The van der Waals surface area contributed by atoms with Gasteiger partial charge in [0.25, 0.3) is 5.91 Å². The van der Waals surface area contributed by atoms with Crippen LogP contribution in [0.2, 0.25) is 0 Å². The first-order chi connectivity index (χ1) is 12.9. The van der Waals surface area contributed by atoms with Crippen molar-refractivity contribution in [2.24, 2.45) is 0 Å². The van der Waals surface area contributed by atoms with E-state index in [0.717, 1.165) is 11.3 Å². The molecule has 2 aromatic rings. The van der Waals surface area contributed by atoms with E-state index >= 15 is 0 Å². The van der Waals surface area contributed by atoms with Crippen LogP contribution < -0.4 is 14.9 Å². The summed E-state index contributed by atoms with van der Waals surface area (Å²) in [6.07, 6.45) is -0.979. The second kappa shape index (κ2) is 6.86. The number of sulfonamides is 1. The molecule has 0 aromatic heterocycles. The minimum Gasteiger partial charge on any atom is -0.368 e. The van der Waals surface area contributed by atoms with Crippen LogP contribution in [0, 0.1) is 6.92 Å².